The van der Waals surface area contributed by atoms with Crippen LogP contribution in [-0.2, 0) is 24.9 Å². The number of methoxy groups -OCH3 is 1. The van der Waals surface area contributed by atoms with Crippen molar-refractivity contribution >= 4 is 29.9 Å². The third-order valence-corrected chi connectivity index (χ3v) is 3.77. The zero-order valence-electron chi connectivity index (χ0n) is 15.6. The summed E-state index contributed by atoms with van der Waals surface area (Å²) in [5, 5.41) is 10.7. The number of hydrogen-bond donors (Lipinski definition) is 2. The van der Waals surface area contributed by atoms with Gasteiger partial charge in [-0.25, -0.2) is 0 Å². The van der Waals surface area contributed by atoms with Crippen LogP contribution >= 0.6 is 24.0 Å². The van der Waals surface area contributed by atoms with Gasteiger partial charge in [0, 0.05) is 33.4 Å². The SMILES string of the molecule is CN=C(NCCCOCc1ccc(OC)cc1)NCc1ccnn1C.I. The molecule has 8 heteroatoms. The first-order valence-electron chi connectivity index (χ1n) is 8.35. The van der Waals surface area contributed by atoms with Crippen LogP contribution in [0.5, 0.6) is 5.75 Å². The van der Waals surface area contributed by atoms with E-state index in [1.54, 1.807) is 20.4 Å². The molecule has 1 aromatic carbocycles. The fourth-order valence-corrected chi connectivity index (χ4v) is 2.26. The molecule has 0 radical (unpaired) electrons. The van der Waals surface area contributed by atoms with E-state index in [2.05, 4.69) is 20.7 Å². The Hall–Kier alpha value is -1.81. The van der Waals surface area contributed by atoms with Crippen LogP contribution in [0.2, 0.25) is 0 Å². The Morgan fingerprint density at radius 1 is 1.19 bits per heavy atom. The number of rotatable bonds is 9. The molecule has 7 nitrogen and oxygen atoms in total. The number of ether oxygens (including phenoxy) is 2. The minimum absolute atomic E-state index is 0. The fourth-order valence-electron chi connectivity index (χ4n) is 2.26. The van der Waals surface area contributed by atoms with Crippen LogP contribution in [0.15, 0.2) is 41.5 Å². The topological polar surface area (TPSA) is 72.7 Å². The number of benzene rings is 1. The van der Waals surface area contributed by atoms with Gasteiger partial charge in [0.1, 0.15) is 5.75 Å². The molecule has 2 aromatic rings. The van der Waals surface area contributed by atoms with E-state index in [0.29, 0.717) is 19.8 Å². The van der Waals surface area contributed by atoms with Crippen LogP contribution in [0.1, 0.15) is 17.7 Å². The van der Waals surface area contributed by atoms with E-state index in [0.717, 1.165) is 35.9 Å². The van der Waals surface area contributed by atoms with Crippen molar-refractivity contribution in [2.45, 2.75) is 19.6 Å². The molecule has 2 rings (SSSR count). The molecule has 0 spiro atoms. The van der Waals surface area contributed by atoms with Gasteiger partial charge in [-0.3, -0.25) is 9.67 Å². The second-order valence-electron chi connectivity index (χ2n) is 5.55. The second kappa shape index (κ2) is 12.5. The highest BCUT2D eigenvalue weighted by Crippen LogP contribution is 2.11. The first kappa shape index (κ1) is 22.2. The van der Waals surface area contributed by atoms with Gasteiger partial charge in [-0.2, -0.15) is 5.10 Å². The quantitative estimate of drug-likeness (QED) is 0.253. The molecular weight excluding hydrogens is 445 g/mol. The van der Waals surface area contributed by atoms with E-state index in [1.165, 1.54) is 0 Å². The molecule has 0 saturated carbocycles. The van der Waals surface area contributed by atoms with Gasteiger partial charge < -0.3 is 20.1 Å². The van der Waals surface area contributed by atoms with E-state index in [9.17, 15) is 0 Å². The molecule has 0 amide bonds. The highest BCUT2D eigenvalue weighted by Gasteiger charge is 2.01. The molecule has 0 aliphatic carbocycles. The maximum absolute atomic E-state index is 5.69. The predicted molar refractivity (Wildman–Crippen MR) is 114 cm³/mol. The number of aromatic nitrogens is 2. The normalized spacial score (nSPS) is 11.0. The largest absolute Gasteiger partial charge is 0.497 e. The van der Waals surface area contributed by atoms with Gasteiger partial charge in [0.05, 0.1) is 26.0 Å². The van der Waals surface area contributed by atoms with Gasteiger partial charge in [-0.05, 0) is 30.2 Å². The van der Waals surface area contributed by atoms with Gasteiger partial charge in [0.2, 0.25) is 0 Å². The van der Waals surface area contributed by atoms with Crippen LogP contribution in [-0.4, -0.2) is 43.0 Å². The van der Waals surface area contributed by atoms with Crippen molar-refractivity contribution in [1.82, 2.24) is 20.4 Å². The molecule has 0 bridgehead atoms. The van der Waals surface area contributed by atoms with Crippen molar-refractivity contribution < 1.29 is 9.47 Å². The van der Waals surface area contributed by atoms with E-state index < -0.39 is 0 Å². The summed E-state index contributed by atoms with van der Waals surface area (Å²) in [6.45, 7) is 2.78. The number of guanidine groups is 1. The summed E-state index contributed by atoms with van der Waals surface area (Å²) >= 11 is 0. The molecule has 1 aromatic heterocycles. The highest BCUT2D eigenvalue weighted by atomic mass is 127. The van der Waals surface area contributed by atoms with Crippen molar-refractivity contribution in [3.63, 3.8) is 0 Å². The summed E-state index contributed by atoms with van der Waals surface area (Å²) in [6.07, 6.45) is 2.69. The van der Waals surface area contributed by atoms with Gasteiger partial charge in [-0.15, -0.1) is 24.0 Å². The number of nitrogens with zero attached hydrogens (tertiary/aromatic N) is 3. The molecular formula is C18H28IN5O2. The lowest BCUT2D eigenvalue weighted by atomic mass is 10.2. The molecule has 0 fully saturated rings. The van der Waals surface area contributed by atoms with E-state index in [1.807, 2.05) is 42.1 Å². The summed E-state index contributed by atoms with van der Waals surface area (Å²) in [5.74, 6) is 1.63. The lowest BCUT2D eigenvalue weighted by molar-refractivity contribution is 0.119. The van der Waals surface area contributed by atoms with Crippen LogP contribution in [0.3, 0.4) is 0 Å². The summed E-state index contributed by atoms with van der Waals surface area (Å²) in [6, 6.07) is 9.90. The molecule has 0 atom stereocenters. The molecule has 2 N–H and O–H groups in total. The highest BCUT2D eigenvalue weighted by molar-refractivity contribution is 14.0. The van der Waals surface area contributed by atoms with Gasteiger partial charge >= 0.3 is 0 Å². The van der Waals surface area contributed by atoms with Crippen molar-refractivity contribution in [3.8, 4) is 5.75 Å². The lowest BCUT2D eigenvalue weighted by Crippen LogP contribution is -2.37. The average molecular weight is 473 g/mol. The van der Waals surface area contributed by atoms with Crippen LogP contribution < -0.4 is 15.4 Å². The smallest absolute Gasteiger partial charge is 0.191 e. The number of aliphatic imine (C=N–C) groups is 1. The molecule has 144 valence electrons. The maximum atomic E-state index is 5.69. The van der Waals surface area contributed by atoms with E-state index in [4.69, 9.17) is 9.47 Å². The third-order valence-electron chi connectivity index (χ3n) is 3.77. The Morgan fingerprint density at radius 3 is 2.58 bits per heavy atom. The average Bonchev–Trinajstić information content (AvgIpc) is 3.06. The molecule has 26 heavy (non-hydrogen) atoms. The van der Waals surface area contributed by atoms with Gasteiger partial charge in [0.15, 0.2) is 5.96 Å². The van der Waals surface area contributed by atoms with Crippen LogP contribution in [0.25, 0.3) is 0 Å². The van der Waals surface area contributed by atoms with Crippen molar-refractivity contribution in [2.75, 3.05) is 27.3 Å². The molecule has 0 aliphatic rings. The van der Waals surface area contributed by atoms with Crippen LogP contribution in [0, 0.1) is 0 Å². The third kappa shape index (κ3) is 7.61. The Bertz CT molecular complexity index is 658. The monoisotopic (exact) mass is 473 g/mol. The van der Waals surface area contributed by atoms with Gasteiger partial charge in [0.25, 0.3) is 0 Å². The van der Waals surface area contributed by atoms with Crippen molar-refractivity contribution in [2.24, 2.45) is 12.0 Å². The maximum Gasteiger partial charge on any atom is 0.191 e. The number of nitrogens with one attached hydrogen (secondary N) is 2. The predicted octanol–water partition coefficient (Wildman–Crippen LogP) is 2.32. The van der Waals surface area contributed by atoms with Gasteiger partial charge in [-0.1, -0.05) is 12.1 Å². The van der Waals surface area contributed by atoms with Crippen molar-refractivity contribution in [1.29, 1.82) is 0 Å². The lowest BCUT2D eigenvalue weighted by Gasteiger charge is -2.12. The molecule has 1 heterocycles. The molecule has 0 saturated heterocycles. The first-order chi connectivity index (χ1) is 12.2. The Balaban J connectivity index is 0.00000338. The van der Waals surface area contributed by atoms with E-state index in [-0.39, 0.29) is 24.0 Å². The second-order valence-corrected chi connectivity index (χ2v) is 5.55. The standard InChI is InChI=1S/C18H27N5O2.HI/c1-19-18(21-13-16-9-11-22-23(16)2)20-10-4-12-25-14-15-5-7-17(24-3)8-6-15;/h5-9,11H,4,10,12-14H2,1-3H3,(H2,19,20,21);1H. The number of aryl methyl sites for hydroxylation is 1. The zero-order chi connectivity index (χ0) is 17.9. The summed E-state index contributed by atoms with van der Waals surface area (Å²) in [5.41, 5.74) is 2.24. The summed E-state index contributed by atoms with van der Waals surface area (Å²) < 4.78 is 12.7. The summed E-state index contributed by atoms with van der Waals surface area (Å²) in [4.78, 5) is 4.21. The van der Waals surface area contributed by atoms with E-state index >= 15 is 0 Å². The fraction of sp³-hybridized carbons (Fsp3) is 0.444. The first-order valence-corrected chi connectivity index (χ1v) is 8.35. The summed E-state index contributed by atoms with van der Waals surface area (Å²) in [7, 11) is 5.35. The zero-order valence-corrected chi connectivity index (χ0v) is 17.9. The Morgan fingerprint density at radius 2 is 1.96 bits per heavy atom. The number of hydrogen-bond acceptors (Lipinski definition) is 4. The molecule has 0 unspecified atom stereocenters. The number of halogens is 1. The minimum atomic E-state index is 0. The Labute approximate surface area is 172 Å². The molecule has 0 aliphatic heterocycles. The Kier molecular flexibility index (Phi) is 10.7. The minimum Gasteiger partial charge on any atom is -0.497 e. The van der Waals surface area contributed by atoms with Crippen LogP contribution in [0.4, 0.5) is 0 Å². The van der Waals surface area contributed by atoms with Crippen molar-refractivity contribution in [3.05, 3.63) is 47.8 Å².